The van der Waals surface area contributed by atoms with Gasteiger partial charge in [-0.2, -0.15) is 0 Å². The Morgan fingerprint density at radius 3 is 2.52 bits per heavy atom. The molecule has 2 rings (SSSR count). The number of hydrogen-bond acceptors (Lipinski definition) is 6. The smallest absolute Gasteiger partial charge is 0.271 e. The van der Waals surface area contributed by atoms with E-state index in [1.165, 1.54) is 12.4 Å². The van der Waals surface area contributed by atoms with Crippen molar-refractivity contribution in [1.82, 2.24) is 15.3 Å². The molecule has 1 aromatic heterocycles. The number of nitrogens with zero attached hydrogens (tertiary/aromatic N) is 2. The summed E-state index contributed by atoms with van der Waals surface area (Å²) in [7, 11) is 3.24. The van der Waals surface area contributed by atoms with E-state index < -0.39 is 0 Å². The Kier molecular flexibility index (Phi) is 6.31. The maximum absolute atomic E-state index is 12.0. The van der Waals surface area contributed by atoms with E-state index in [2.05, 4.69) is 20.6 Å². The third kappa shape index (κ3) is 5.23. The second kappa shape index (κ2) is 8.70. The van der Waals surface area contributed by atoms with E-state index in [4.69, 9.17) is 9.47 Å². The van der Waals surface area contributed by atoms with Crippen LogP contribution in [0.15, 0.2) is 36.7 Å². The van der Waals surface area contributed by atoms with Crippen LogP contribution in [-0.4, -0.2) is 43.2 Å². The summed E-state index contributed by atoms with van der Waals surface area (Å²) in [6.45, 7) is 1.62. The van der Waals surface area contributed by atoms with Gasteiger partial charge < -0.3 is 20.1 Å². The van der Waals surface area contributed by atoms with Gasteiger partial charge in [-0.05, 0) is 17.7 Å². The number of nitrogens with one attached hydrogen (secondary N) is 2. The molecule has 2 aromatic rings. The topological polar surface area (TPSA) is 85.4 Å². The molecule has 0 bridgehead atoms. The van der Waals surface area contributed by atoms with E-state index in [1.807, 2.05) is 24.3 Å². The molecule has 2 N–H and O–H groups in total. The van der Waals surface area contributed by atoms with E-state index in [0.717, 1.165) is 11.3 Å². The molecule has 0 saturated heterocycles. The highest BCUT2D eigenvalue weighted by Crippen LogP contribution is 2.11. The van der Waals surface area contributed by atoms with E-state index >= 15 is 0 Å². The number of carbonyl (C=O) groups is 1. The van der Waals surface area contributed by atoms with E-state index in [-0.39, 0.29) is 11.6 Å². The molecule has 1 amide bonds. The molecule has 0 radical (unpaired) electrons. The van der Waals surface area contributed by atoms with Gasteiger partial charge in [0.1, 0.15) is 17.3 Å². The van der Waals surface area contributed by atoms with Crippen LogP contribution in [-0.2, 0) is 11.3 Å². The van der Waals surface area contributed by atoms with Crippen molar-refractivity contribution in [3.63, 3.8) is 0 Å². The first-order valence-corrected chi connectivity index (χ1v) is 7.19. The van der Waals surface area contributed by atoms with Crippen molar-refractivity contribution in [1.29, 1.82) is 0 Å². The average Bonchev–Trinajstić information content (AvgIpc) is 2.61. The molecular formula is C16H20N4O3. The molecule has 0 atom stereocenters. The first kappa shape index (κ1) is 16.7. The molecular weight excluding hydrogens is 296 g/mol. The van der Waals surface area contributed by atoms with Gasteiger partial charge in [0.05, 0.1) is 26.1 Å². The highest BCUT2D eigenvalue weighted by Gasteiger charge is 2.07. The second-order valence-corrected chi connectivity index (χ2v) is 4.74. The Labute approximate surface area is 135 Å². The maximum atomic E-state index is 12.0. The lowest BCUT2D eigenvalue weighted by atomic mass is 10.2. The quantitative estimate of drug-likeness (QED) is 0.718. The van der Waals surface area contributed by atoms with Crippen LogP contribution in [0.3, 0.4) is 0 Å². The molecule has 122 valence electrons. The van der Waals surface area contributed by atoms with E-state index in [1.54, 1.807) is 14.2 Å². The van der Waals surface area contributed by atoms with Gasteiger partial charge in [-0.25, -0.2) is 9.97 Å². The zero-order valence-corrected chi connectivity index (χ0v) is 13.2. The van der Waals surface area contributed by atoms with Crippen LogP contribution in [0.5, 0.6) is 5.75 Å². The van der Waals surface area contributed by atoms with Gasteiger partial charge in [-0.1, -0.05) is 12.1 Å². The Balaban J connectivity index is 1.84. The summed E-state index contributed by atoms with van der Waals surface area (Å²) in [4.78, 5) is 20.3. The fourth-order valence-corrected chi connectivity index (χ4v) is 1.83. The van der Waals surface area contributed by atoms with Crippen LogP contribution in [0.2, 0.25) is 0 Å². The molecule has 7 heteroatoms. The van der Waals surface area contributed by atoms with Crippen molar-refractivity contribution in [2.24, 2.45) is 0 Å². The summed E-state index contributed by atoms with van der Waals surface area (Å²) in [5.74, 6) is 1.12. The van der Waals surface area contributed by atoms with Crippen molar-refractivity contribution in [3.8, 4) is 5.75 Å². The highest BCUT2D eigenvalue weighted by atomic mass is 16.5. The summed E-state index contributed by atoms with van der Waals surface area (Å²) >= 11 is 0. The summed E-state index contributed by atoms with van der Waals surface area (Å²) in [5.41, 5.74) is 1.25. The zero-order valence-electron chi connectivity index (χ0n) is 13.2. The minimum atomic E-state index is -0.267. The SMILES string of the molecule is COCCNc1cnc(C(=O)NCc2ccc(OC)cc2)cn1. The first-order chi connectivity index (χ1) is 11.2. The van der Waals surface area contributed by atoms with Crippen LogP contribution in [0.4, 0.5) is 5.82 Å². The number of aromatic nitrogens is 2. The molecule has 1 aromatic carbocycles. The molecule has 7 nitrogen and oxygen atoms in total. The van der Waals surface area contributed by atoms with Gasteiger partial charge >= 0.3 is 0 Å². The van der Waals surface area contributed by atoms with Crippen LogP contribution >= 0.6 is 0 Å². The number of anilines is 1. The predicted octanol–water partition coefficient (Wildman–Crippen LogP) is 1.47. The van der Waals surface area contributed by atoms with Crippen LogP contribution < -0.4 is 15.4 Å². The van der Waals surface area contributed by atoms with Crippen LogP contribution in [0.25, 0.3) is 0 Å². The molecule has 0 saturated carbocycles. The molecule has 0 aliphatic carbocycles. The Hall–Kier alpha value is -2.67. The molecule has 0 aliphatic rings. The average molecular weight is 316 g/mol. The minimum Gasteiger partial charge on any atom is -0.497 e. The van der Waals surface area contributed by atoms with Gasteiger partial charge in [-0.3, -0.25) is 4.79 Å². The first-order valence-electron chi connectivity index (χ1n) is 7.19. The second-order valence-electron chi connectivity index (χ2n) is 4.74. The Bertz CT molecular complexity index is 614. The van der Waals surface area contributed by atoms with Gasteiger partial charge in [-0.15, -0.1) is 0 Å². The highest BCUT2D eigenvalue weighted by molar-refractivity contribution is 5.91. The molecule has 0 spiro atoms. The zero-order chi connectivity index (χ0) is 16.5. The molecule has 1 heterocycles. The van der Waals surface area contributed by atoms with Crippen molar-refractivity contribution < 1.29 is 14.3 Å². The number of benzene rings is 1. The molecule has 0 fully saturated rings. The van der Waals surface area contributed by atoms with Crippen molar-refractivity contribution in [2.45, 2.75) is 6.54 Å². The van der Waals surface area contributed by atoms with Crippen molar-refractivity contribution >= 4 is 11.7 Å². The summed E-state index contributed by atoms with van der Waals surface area (Å²) in [5, 5.41) is 5.84. The normalized spacial score (nSPS) is 10.2. The maximum Gasteiger partial charge on any atom is 0.271 e. The fraction of sp³-hybridized carbons (Fsp3) is 0.312. The van der Waals surface area contributed by atoms with Crippen LogP contribution in [0.1, 0.15) is 16.1 Å². The fourth-order valence-electron chi connectivity index (χ4n) is 1.83. The number of hydrogen-bond donors (Lipinski definition) is 2. The van der Waals surface area contributed by atoms with E-state index in [0.29, 0.717) is 25.5 Å². The lowest BCUT2D eigenvalue weighted by Gasteiger charge is -2.07. The van der Waals surface area contributed by atoms with Crippen molar-refractivity contribution in [3.05, 3.63) is 47.9 Å². The number of ether oxygens (including phenoxy) is 2. The molecule has 0 aliphatic heterocycles. The van der Waals surface area contributed by atoms with Gasteiger partial charge in [0.25, 0.3) is 5.91 Å². The van der Waals surface area contributed by atoms with E-state index in [9.17, 15) is 4.79 Å². The minimum absolute atomic E-state index is 0.267. The van der Waals surface area contributed by atoms with Gasteiger partial charge in [0, 0.05) is 20.2 Å². The third-order valence-corrected chi connectivity index (χ3v) is 3.11. The van der Waals surface area contributed by atoms with Gasteiger partial charge in [0.15, 0.2) is 0 Å². The third-order valence-electron chi connectivity index (χ3n) is 3.11. The monoisotopic (exact) mass is 316 g/mol. The lowest BCUT2D eigenvalue weighted by molar-refractivity contribution is 0.0945. The standard InChI is InChI=1S/C16H20N4O3/c1-22-8-7-17-15-11-18-14(10-19-15)16(21)20-9-12-3-5-13(23-2)6-4-12/h3-6,10-11H,7-9H2,1-2H3,(H,17,19)(H,20,21). The molecule has 0 unspecified atom stereocenters. The van der Waals surface area contributed by atoms with Crippen LogP contribution in [0, 0.1) is 0 Å². The number of rotatable bonds is 8. The largest absolute Gasteiger partial charge is 0.497 e. The summed E-state index contributed by atoms with van der Waals surface area (Å²) in [6.07, 6.45) is 2.97. The Morgan fingerprint density at radius 1 is 1.13 bits per heavy atom. The number of carbonyl (C=O) groups excluding carboxylic acids is 1. The Morgan fingerprint density at radius 2 is 1.91 bits per heavy atom. The predicted molar refractivity (Wildman–Crippen MR) is 86.6 cm³/mol. The number of amides is 1. The van der Waals surface area contributed by atoms with Crippen molar-refractivity contribution in [2.75, 3.05) is 32.7 Å². The lowest BCUT2D eigenvalue weighted by Crippen LogP contribution is -2.24. The van der Waals surface area contributed by atoms with Gasteiger partial charge in [0.2, 0.25) is 0 Å². The molecule has 23 heavy (non-hydrogen) atoms. The number of methoxy groups -OCH3 is 2. The summed E-state index contributed by atoms with van der Waals surface area (Å²) < 4.78 is 10.0. The summed E-state index contributed by atoms with van der Waals surface area (Å²) in [6, 6.07) is 7.49.